The molecule has 1 aromatic rings. The smallest absolute Gasteiger partial charge is 0.409 e. The van der Waals surface area contributed by atoms with Gasteiger partial charge in [0.1, 0.15) is 5.75 Å². The van der Waals surface area contributed by atoms with Crippen LogP contribution in [-0.2, 0) is 4.79 Å². The summed E-state index contributed by atoms with van der Waals surface area (Å²) in [5.41, 5.74) is 5.51. The Bertz CT molecular complexity index is 500. The highest BCUT2D eigenvalue weighted by Gasteiger charge is 2.31. The number of ether oxygens (including phenoxy) is 1. The van der Waals surface area contributed by atoms with Crippen molar-refractivity contribution < 1.29 is 27.9 Å². The van der Waals surface area contributed by atoms with Gasteiger partial charge in [0.2, 0.25) is 5.91 Å². The summed E-state index contributed by atoms with van der Waals surface area (Å²) >= 11 is 0. The number of rotatable bonds is 4. The van der Waals surface area contributed by atoms with Crippen molar-refractivity contribution in [1.29, 1.82) is 0 Å². The summed E-state index contributed by atoms with van der Waals surface area (Å²) in [6, 6.07) is 4.57. The van der Waals surface area contributed by atoms with E-state index in [1.165, 1.54) is 19.1 Å². The number of halogens is 3. The van der Waals surface area contributed by atoms with Crippen LogP contribution in [0.1, 0.15) is 6.92 Å². The van der Waals surface area contributed by atoms with E-state index in [1.807, 2.05) is 0 Å². The highest BCUT2D eigenvalue weighted by molar-refractivity contribution is 6.07. The Hall–Kier alpha value is -2.45. The van der Waals surface area contributed by atoms with Crippen LogP contribution in [0, 0.1) is 5.92 Å². The Morgan fingerprint density at radius 1 is 1.40 bits per heavy atom. The molecule has 0 spiro atoms. The molecule has 0 saturated heterocycles. The molecule has 0 aliphatic heterocycles. The van der Waals surface area contributed by atoms with Crippen molar-refractivity contribution in [3.8, 4) is 5.75 Å². The minimum absolute atomic E-state index is 0.252. The van der Waals surface area contributed by atoms with Crippen molar-refractivity contribution in [2.45, 2.75) is 13.3 Å². The van der Waals surface area contributed by atoms with E-state index >= 15 is 0 Å². The SMILES string of the molecule is CC(C(=O)Nc1ccc(OC(F)(F)F)cc1)C(N)=NO. The first-order chi connectivity index (χ1) is 9.23. The molecule has 1 atom stereocenters. The molecule has 6 nitrogen and oxygen atoms in total. The molecule has 0 aliphatic rings. The van der Waals surface area contributed by atoms with E-state index in [-0.39, 0.29) is 11.5 Å². The third-order valence-corrected chi connectivity index (χ3v) is 2.31. The monoisotopic (exact) mass is 291 g/mol. The van der Waals surface area contributed by atoms with Gasteiger partial charge in [-0.15, -0.1) is 13.2 Å². The van der Waals surface area contributed by atoms with E-state index in [1.54, 1.807) is 0 Å². The summed E-state index contributed by atoms with van der Waals surface area (Å²) < 4.78 is 39.5. The van der Waals surface area contributed by atoms with Gasteiger partial charge < -0.3 is 21.0 Å². The van der Waals surface area contributed by atoms with Crippen LogP contribution in [0.2, 0.25) is 0 Å². The maximum atomic E-state index is 11.9. The molecular weight excluding hydrogens is 279 g/mol. The Morgan fingerprint density at radius 2 is 1.95 bits per heavy atom. The number of amidine groups is 1. The summed E-state index contributed by atoms with van der Waals surface area (Å²) in [4.78, 5) is 11.6. The topological polar surface area (TPSA) is 96.9 Å². The van der Waals surface area contributed by atoms with Crippen LogP contribution in [0.3, 0.4) is 0 Å². The van der Waals surface area contributed by atoms with Crippen molar-refractivity contribution >= 4 is 17.4 Å². The average molecular weight is 291 g/mol. The Morgan fingerprint density at radius 3 is 2.40 bits per heavy atom. The Kier molecular flexibility index (Phi) is 4.78. The quantitative estimate of drug-likeness (QED) is 0.341. The van der Waals surface area contributed by atoms with Gasteiger partial charge in [-0.1, -0.05) is 5.16 Å². The number of carbonyl (C=O) groups is 1. The number of amides is 1. The third kappa shape index (κ3) is 4.67. The zero-order valence-corrected chi connectivity index (χ0v) is 10.3. The van der Waals surface area contributed by atoms with Crippen LogP contribution < -0.4 is 15.8 Å². The van der Waals surface area contributed by atoms with E-state index in [9.17, 15) is 18.0 Å². The zero-order valence-electron chi connectivity index (χ0n) is 10.3. The van der Waals surface area contributed by atoms with Crippen molar-refractivity contribution in [2.75, 3.05) is 5.32 Å². The lowest BCUT2D eigenvalue weighted by Crippen LogP contribution is -2.32. The van der Waals surface area contributed by atoms with E-state index < -0.39 is 23.9 Å². The fraction of sp³-hybridized carbons (Fsp3) is 0.273. The standard InChI is InChI=1S/C11H12F3N3O3/c1-6(9(15)17-19)10(18)16-7-2-4-8(5-3-7)20-11(12,13)14/h2-6,19H,1H3,(H2,15,17)(H,16,18). The predicted molar refractivity (Wildman–Crippen MR) is 64.3 cm³/mol. The second-order valence-corrected chi connectivity index (χ2v) is 3.81. The minimum atomic E-state index is -4.77. The van der Waals surface area contributed by atoms with Gasteiger partial charge in [0.25, 0.3) is 0 Å². The van der Waals surface area contributed by atoms with Crippen LogP contribution in [0.15, 0.2) is 29.4 Å². The first-order valence-electron chi connectivity index (χ1n) is 5.37. The van der Waals surface area contributed by atoms with Crippen LogP contribution in [0.5, 0.6) is 5.75 Å². The highest BCUT2D eigenvalue weighted by atomic mass is 19.4. The van der Waals surface area contributed by atoms with Crippen molar-refractivity contribution in [1.82, 2.24) is 0 Å². The zero-order chi connectivity index (χ0) is 15.3. The first kappa shape index (κ1) is 15.6. The van der Waals surface area contributed by atoms with Gasteiger partial charge in [-0.25, -0.2) is 0 Å². The lowest BCUT2D eigenvalue weighted by atomic mass is 10.1. The molecule has 9 heteroatoms. The van der Waals surface area contributed by atoms with Gasteiger partial charge in [-0.3, -0.25) is 4.79 Å². The number of carbonyl (C=O) groups excluding carboxylic acids is 1. The molecule has 4 N–H and O–H groups in total. The fourth-order valence-electron chi connectivity index (χ4n) is 1.21. The molecule has 0 radical (unpaired) electrons. The highest BCUT2D eigenvalue weighted by Crippen LogP contribution is 2.24. The molecule has 1 amide bonds. The minimum Gasteiger partial charge on any atom is -0.409 e. The Labute approximate surface area is 112 Å². The number of oxime groups is 1. The van der Waals surface area contributed by atoms with Gasteiger partial charge >= 0.3 is 6.36 Å². The van der Waals surface area contributed by atoms with Crippen LogP contribution in [0.25, 0.3) is 0 Å². The molecule has 20 heavy (non-hydrogen) atoms. The second kappa shape index (κ2) is 6.13. The molecule has 0 aliphatic carbocycles. The van der Waals surface area contributed by atoms with Crippen molar-refractivity contribution in [3.05, 3.63) is 24.3 Å². The van der Waals surface area contributed by atoms with E-state index in [0.717, 1.165) is 12.1 Å². The third-order valence-electron chi connectivity index (χ3n) is 2.31. The summed E-state index contributed by atoms with van der Waals surface area (Å²) in [5, 5.41) is 13.5. The molecule has 0 aromatic heterocycles. The number of hydrogen-bond acceptors (Lipinski definition) is 4. The van der Waals surface area contributed by atoms with E-state index in [2.05, 4.69) is 15.2 Å². The number of nitrogens with zero attached hydrogens (tertiary/aromatic N) is 1. The second-order valence-electron chi connectivity index (χ2n) is 3.81. The number of hydrogen-bond donors (Lipinski definition) is 3. The molecule has 1 aromatic carbocycles. The molecule has 0 bridgehead atoms. The summed E-state index contributed by atoms with van der Waals surface area (Å²) in [6.07, 6.45) is -4.77. The Balaban J connectivity index is 2.68. The summed E-state index contributed by atoms with van der Waals surface area (Å²) in [6.45, 7) is 1.41. The van der Waals surface area contributed by atoms with E-state index in [4.69, 9.17) is 10.9 Å². The van der Waals surface area contributed by atoms with Crippen LogP contribution in [-0.4, -0.2) is 23.3 Å². The van der Waals surface area contributed by atoms with Gasteiger partial charge in [0.05, 0.1) is 5.92 Å². The molecule has 110 valence electrons. The molecular formula is C11H12F3N3O3. The average Bonchev–Trinajstić information content (AvgIpc) is 2.37. The maximum Gasteiger partial charge on any atom is 0.573 e. The molecule has 1 rings (SSSR count). The molecule has 0 fully saturated rings. The molecule has 0 saturated carbocycles. The van der Waals surface area contributed by atoms with Gasteiger partial charge in [-0.05, 0) is 31.2 Å². The number of anilines is 1. The summed E-state index contributed by atoms with van der Waals surface area (Å²) in [5.74, 6) is -2.13. The van der Waals surface area contributed by atoms with Crippen molar-refractivity contribution in [3.63, 3.8) is 0 Å². The largest absolute Gasteiger partial charge is 0.573 e. The van der Waals surface area contributed by atoms with Crippen LogP contribution in [0.4, 0.5) is 18.9 Å². The number of nitrogens with two attached hydrogens (primary N) is 1. The fourth-order valence-corrected chi connectivity index (χ4v) is 1.21. The summed E-state index contributed by atoms with van der Waals surface area (Å²) in [7, 11) is 0. The molecule has 0 heterocycles. The number of benzene rings is 1. The van der Waals surface area contributed by atoms with E-state index in [0.29, 0.717) is 0 Å². The lowest BCUT2D eigenvalue weighted by Gasteiger charge is -2.12. The van der Waals surface area contributed by atoms with Gasteiger partial charge in [-0.2, -0.15) is 0 Å². The lowest BCUT2D eigenvalue weighted by molar-refractivity contribution is -0.274. The van der Waals surface area contributed by atoms with Crippen molar-refractivity contribution in [2.24, 2.45) is 16.8 Å². The predicted octanol–water partition coefficient (Wildman–Crippen LogP) is 1.91. The van der Waals surface area contributed by atoms with Gasteiger partial charge in [0.15, 0.2) is 5.84 Å². The molecule has 1 unspecified atom stereocenters. The van der Waals surface area contributed by atoms with Gasteiger partial charge in [0, 0.05) is 5.69 Å². The first-order valence-corrected chi connectivity index (χ1v) is 5.37. The number of nitrogens with one attached hydrogen (secondary N) is 1. The maximum absolute atomic E-state index is 11.9. The normalized spacial score (nSPS) is 13.7. The number of alkyl halides is 3. The van der Waals surface area contributed by atoms with Crippen LogP contribution >= 0.6 is 0 Å².